The maximum atomic E-state index is 10.7. The summed E-state index contributed by atoms with van der Waals surface area (Å²) in [6.07, 6.45) is 0.532. The molecule has 0 atom stereocenters. The van der Waals surface area contributed by atoms with Crippen molar-refractivity contribution in [2.75, 3.05) is 24.6 Å². The van der Waals surface area contributed by atoms with E-state index in [4.69, 9.17) is 39.9 Å². The summed E-state index contributed by atoms with van der Waals surface area (Å²) >= 11 is 17.7. The number of halogens is 3. The molecule has 15 heavy (non-hydrogen) atoms. The van der Waals surface area contributed by atoms with E-state index in [2.05, 4.69) is 0 Å². The van der Waals surface area contributed by atoms with E-state index in [-0.39, 0.29) is 18.8 Å². The molecule has 0 spiro atoms. The van der Waals surface area contributed by atoms with Gasteiger partial charge in [-0.15, -0.1) is 0 Å². The topological polar surface area (TPSA) is 57.6 Å². The molecule has 0 aromatic rings. The van der Waals surface area contributed by atoms with E-state index in [1.807, 2.05) is 0 Å². The van der Waals surface area contributed by atoms with E-state index in [1.54, 1.807) is 6.29 Å². The van der Waals surface area contributed by atoms with Crippen molar-refractivity contribution in [1.82, 2.24) is 4.90 Å². The van der Waals surface area contributed by atoms with Gasteiger partial charge in [-0.05, 0) is 0 Å². The Bertz CT molecular complexity index is 222. The Morgan fingerprint density at radius 1 is 1.47 bits per heavy atom. The van der Waals surface area contributed by atoms with E-state index >= 15 is 0 Å². The van der Waals surface area contributed by atoms with Gasteiger partial charge >= 0.3 is 6.09 Å². The maximum absolute atomic E-state index is 10.7. The molecule has 4 nitrogen and oxygen atoms in total. The lowest BCUT2D eigenvalue weighted by atomic mass is 10.5. The molecule has 8 heteroatoms. The molecule has 0 heterocycles. The lowest BCUT2D eigenvalue weighted by Gasteiger charge is -2.22. The smallest absolute Gasteiger partial charge is 0.407 e. The summed E-state index contributed by atoms with van der Waals surface area (Å²) in [7, 11) is 0. The largest absolute Gasteiger partial charge is 0.465 e. The number of carbonyl (C=O) groups is 1. The van der Waals surface area contributed by atoms with Crippen molar-refractivity contribution < 1.29 is 14.7 Å². The number of hydrogen-bond donors (Lipinski definition) is 1. The van der Waals surface area contributed by atoms with Crippen molar-refractivity contribution in [2.45, 2.75) is 3.79 Å². The Morgan fingerprint density at radius 2 is 2.07 bits per heavy atom. The Balaban J connectivity index is 3.95. The van der Waals surface area contributed by atoms with E-state index in [0.717, 1.165) is 4.90 Å². The second-order valence-electron chi connectivity index (χ2n) is 2.52. The Hall–Kier alpha value is 0.160. The standard InChI is InChI=1S/C7H9Cl3NO3S/c8-7(9,10)5-11(6(13)14)1-3-15-4-2-12/h1,3-5H2,(H,13,14). The SMILES string of the molecule is O=[C]CSCCN(CC(Cl)(Cl)Cl)C(=O)O. The zero-order valence-electron chi connectivity index (χ0n) is 7.58. The van der Waals surface area contributed by atoms with Gasteiger partial charge in [0.1, 0.15) is 0 Å². The van der Waals surface area contributed by atoms with Gasteiger partial charge in [0, 0.05) is 12.3 Å². The van der Waals surface area contributed by atoms with E-state index in [9.17, 15) is 9.59 Å². The number of carbonyl (C=O) groups excluding carboxylic acids is 1. The molecule has 0 aliphatic rings. The summed E-state index contributed by atoms with van der Waals surface area (Å²) in [6.45, 7) is 0.00789. The summed E-state index contributed by atoms with van der Waals surface area (Å²) in [4.78, 5) is 21.6. The minimum atomic E-state index is -1.63. The molecule has 0 aromatic heterocycles. The minimum Gasteiger partial charge on any atom is -0.465 e. The normalized spacial score (nSPS) is 11.1. The fraction of sp³-hybridized carbons (Fsp3) is 0.714. The quantitative estimate of drug-likeness (QED) is 0.602. The molecule has 0 aliphatic carbocycles. The second-order valence-corrected chi connectivity index (χ2v) is 6.14. The first-order valence-electron chi connectivity index (χ1n) is 3.84. The third kappa shape index (κ3) is 9.11. The molecule has 0 saturated carbocycles. The fourth-order valence-corrected chi connectivity index (χ4v) is 1.76. The summed E-state index contributed by atoms with van der Waals surface area (Å²) in [5.41, 5.74) is 0. The first kappa shape index (κ1) is 15.2. The van der Waals surface area contributed by atoms with Gasteiger partial charge in [-0.25, -0.2) is 4.79 Å². The average Bonchev–Trinajstić information content (AvgIpc) is 2.08. The zero-order chi connectivity index (χ0) is 11.9. The predicted octanol–water partition coefficient (Wildman–Crippen LogP) is 2.18. The van der Waals surface area contributed by atoms with Crippen molar-refractivity contribution in [3.05, 3.63) is 0 Å². The number of carboxylic acid groups (broad SMARTS) is 1. The number of thioether (sulfide) groups is 1. The first-order chi connectivity index (χ1) is 6.87. The Labute approximate surface area is 107 Å². The Morgan fingerprint density at radius 3 is 2.47 bits per heavy atom. The molecule has 0 aromatic carbocycles. The van der Waals surface area contributed by atoms with Gasteiger partial charge in [-0.2, -0.15) is 11.8 Å². The van der Waals surface area contributed by atoms with Crippen LogP contribution in [0.4, 0.5) is 4.79 Å². The summed E-state index contributed by atoms with van der Waals surface area (Å²) in [5, 5.41) is 8.76. The summed E-state index contributed by atoms with van der Waals surface area (Å²) in [5.74, 6) is 0.670. The van der Waals surface area contributed by atoms with Crippen LogP contribution in [0.1, 0.15) is 0 Å². The molecule has 0 aliphatic heterocycles. The fourth-order valence-electron chi connectivity index (χ4n) is 0.747. The van der Waals surface area contributed by atoms with Crippen LogP contribution in [0.2, 0.25) is 0 Å². The summed E-state index contributed by atoms with van der Waals surface area (Å²) < 4.78 is -1.63. The number of alkyl halides is 3. The van der Waals surface area contributed by atoms with E-state index < -0.39 is 9.89 Å². The number of hydrogen-bond acceptors (Lipinski definition) is 3. The van der Waals surface area contributed by atoms with Gasteiger partial charge < -0.3 is 10.0 Å². The predicted molar refractivity (Wildman–Crippen MR) is 62.9 cm³/mol. The lowest BCUT2D eigenvalue weighted by molar-refractivity contribution is 0.149. The second kappa shape index (κ2) is 7.44. The van der Waals surface area contributed by atoms with Crippen LogP contribution in [-0.2, 0) is 4.79 Å². The van der Waals surface area contributed by atoms with Gasteiger partial charge in [0.15, 0.2) is 0 Å². The Kier molecular flexibility index (Phi) is 7.52. The first-order valence-corrected chi connectivity index (χ1v) is 6.13. The van der Waals surface area contributed by atoms with Crippen molar-refractivity contribution in [2.24, 2.45) is 0 Å². The van der Waals surface area contributed by atoms with Crippen LogP contribution in [0.3, 0.4) is 0 Å². The molecule has 0 bridgehead atoms. The van der Waals surface area contributed by atoms with Gasteiger partial charge in [0.2, 0.25) is 10.1 Å². The minimum absolute atomic E-state index is 0.196. The molecule has 1 radical (unpaired) electrons. The van der Waals surface area contributed by atoms with Gasteiger partial charge in [-0.3, -0.25) is 4.79 Å². The van der Waals surface area contributed by atoms with Crippen molar-refractivity contribution in [3.8, 4) is 0 Å². The van der Waals surface area contributed by atoms with Crippen LogP contribution in [0.25, 0.3) is 0 Å². The van der Waals surface area contributed by atoms with Gasteiger partial charge in [-0.1, -0.05) is 34.8 Å². The van der Waals surface area contributed by atoms with Crippen molar-refractivity contribution in [3.63, 3.8) is 0 Å². The van der Waals surface area contributed by atoms with Gasteiger partial charge in [0.05, 0.1) is 12.3 Å². The lowest BCUT2D eigenvalue weighted by Crippen LogP contribution is -2.38. The molecule has 87 valence electrons. The molecule has 1 amide bonds. The number of rotatable bonds is 6. The van der Waals surface area contributed by atoms with Crippen LogP contribution in [0.15, 0.2) is 0 Å². The van der Waals surface area contributed by atoms with Crippen LogP contribution in [-0.4, -0.2) is 50.8 Å². The summed E-state index contributed by atoms with van der Waals surface area (Å²) in [6, 6.07) is 0. The van der Waals surface area contributed by atoms with Crippen LogP contribution in [0, 0.1) is 0 Å². The molecule has 0 fully saturated rings. The zero-order valence-corrected chi connectivity index (χ0v) is 10.7. The molecular formula is C7H9Cl3NO3S. The van der Waals surface area contributed by atoms with Crippen LogP contribution in [0.5, 0.6) is 0 Å². The van der Waals surface area contributed by atoms with Gasteiger partial charge in [0.25, 0.3) is 0 Å². The number of nitrogens with zero attached hydrogens (tertiary/aromatic N) is 1. The molecule has 1 N–H and O–H groups in total. The third-order valence-electron chi connectivity index (χ3n) is 1.31. The monoisotopic (exact) mass is 292 g/mol. The molecular weight excluding hydrogens is 285 g/mol. The van der Waals surface area contributed by atoms with Crippen LogP contribution < -0.4 is 0 Å². The highest BCUT2D eigenvalue weighted by Crippen LogP contribution is 2.27. The van der Waals surface area contributed by atoms with Crippen LogP contribution >= 0.6 is 46.6 Å². The highest BCUT2D eigenvalue weighted by molar-refractivity contribution is 7.99. The molecule has 0 saturated heterocycles. The highest BCUT2D eigenvalue weighted by Gasteiger charge is 2.26. The van der Waals surface area contributed by atoms with E-state index in [0.29, 0.717) is 5.75 Å². The average molecular weight is 294 g/mol. The molecule has 0 rings (SSSR count). The third-order valence-corrected chi connectivity index (χ3v) is 2.46. The van der Waals surface area contributed by atoms with E-state index in [1.165, 1.54) is 11.8 Å². The van der Waals surface area contributed by atoms with Crippen molar-refractivity contribution in [1.29, 1.82) is 0 Å². The molecule has 0 unspecified atom stereocenters. The highest BCUT2D eigenvalue weighted by atomic mass is 35.6. The van der Waals surface area contributed by atoms with Crippen molar-refractivity contribution >= 4 is 58.9 Å². The number of amides is 1. The maximum Gasteiger partial charge on any atom is 0.407 e.